The van der Waals surface area contributed by atoms with E-state index in [4.69, 9.17) is 9.47 Å². The monoisotopic (exact) mass is 274 g/mol. The fraction of sp³-hybridized carbons (Fsp3) is 0.588. The summed E-state index contributed by atoms with van der Waals surface area (Å²) < 4.78 is 11.4. The summed E-state index contributed by atoms with van der Waals surface area (Å²) in [4.78, 5) is 12.6. The van der Waals surface area contributed by atoms with Crippen molar-refractivity contribution in [3.8, 4) is 0 Å². The number of rotatable bonds is 3. The lowest BCUT2D eigenvalue weighted by atomic mass is 9.81. The lowest BCUT2D eigenvalue weighted by Gasteiger charge is -2.36. The van der Waals surface area contributed by atoms with Gasteiger partial charge in [0.1, 0.15) is 5.78 Å². The number of benzene rings is 1. The maximum absolute atomic E-state index is 12.6. The number of ether oxygens (including phenoxy) is 2. The van der Waals surface area contributed by atoms with E-state index in [2.05, 4.69) is 19.1 Å². The van der Waals surface area contributed by atoms with Gasteiger partial charge in [0.05, 0.1) is 12.2 Å². The zero-order valence-electron chi connectivity index (χ0n) is 12.1. The largest absolute Gasteiger partial charge is 0.378 e. The van der Waals surface area contributed by atoms with Crippen molar-refractivity contribution in [2.45, 2.75) is 38.2 Å². The minimum atomic E-state index is -0.176. The Kier molecular flexibility index (Phi) is 3.90. The highest BCUT2D eigenvalue weighted by molar-refractivity contribution is 5.83. The molecule has 0 amide bonds. The first-order valence-electron chi connectivity index (χ1n) is 7.47. The maximum Gasteiger partial charge on any atom is 0.140 e. The highest BCUT2D eigenvalue weighted by atomic mass is 16.6. The van der Waals surface area contributed by atoms with Crippen molar-refractivity contribution in [2.75, 3.05) is 19.8 Å². The predicted molar refractivity (Wildman–Crippen MR) is 76.7 cm³/mol. The molecular formula is C17H22O3. The highest BCUT2D eigenvalue weighted by Crippen LogP contribution is 2.36. The summed E-state index contributed by atoms with van der Waals surface area (Å²) in [6.45, 7) is 4.17. The molecular weight excluding hydrogens is 252 g/mol. The third kappa shape index (κ3) is 2.79. The standard InChI is InChI=1S/C17H22O3/c1-13-4-2-3-5-14(13)10-16(18)15-6-8-20-17(11-15)7-9-19-12-17/h2-5,15H,6-12H2,1H3. The number of carbonyl (C=O) groups is 1. The summed E-state index contributed by atoms with van der Waals surface area (Å²) in [7, 11) is 0. The lowest BCUT2D eigenvalue weighted by Crippen LogP contribution is -2.42. The minimum absolute atomic E-state index is 0.130. The number of hydrogen-bond acceptors (Lipinski definition) is 3. The topological polar surface area (TPSA) is 35.5 Å². The van der Waals surface area contributed by atoms with Gasteiger partial charge in [-0.05, 0) is 30.9 Å². The van der Waals surface area contributed by atoms with E-state index < -0.39 is 0 Å². The van der Waals surface area contributed by atoms with E-state index in [0.29, 0.717) is 25.4 Å². The van der Waals surface area contributed by atoms with Crippen LogP contribution in [0, 0.1) is 12.8 Å². The smallest absolute Gasteiger partial charge is 0.140 e. The van der Waals surface area contributed by atoms with Crippen LogP contribution in [0.4, 0.5) is 0 Å². The van der Waals surface area contributed by atoms with E-state index in [-0.39, 0.29) is 11.5 Å². The second-order valence-electron chi connectivity index (χ2n) is 6.09. The molecule has 2 heterocycles. The Bertz CT molecular complexity index is 489. The molecule has 108 valence electrons. The van der Waals surface area contributed by atoms with Gasteiger partial charge in [-0.2, -0.15) is 0 Å². The average molecular weight is 274 g/mol. The van der Waals surface area contributed by atoms with Gasteiger partial charge in [-0.3, -0.25) is 4.79 Å². The van der Waals surface area contributed by atoms with Crippen LogP contribution < -0.4 is 0 Å². The zero-order valence-corrected chi connectivity index (χ0v) is 12.1. The number of hydrogen-bond donors (Lipinski definition) is 0. The van der Waals surface area contributed by atoms with E-state index >= 15 is 0 Å². The molecule has 3 rings (SSSR count). The van der Waals surface area contributed by atoms with Gasteiger partial charge in [-0.15, -0.1) is 0 Å². The number of Topliss-reactive ketones (excluding diaryl/α,β-unsaturated/α-hetero) is 1. The molecule has 2 unspecified atom stereocenters. The molecule has 20 heavy (non-hydrogen) atoms. The number of ketones is 1. The molecule has 1 aromatic carbocycles. The first-order chi connectivity index (χ1) is 9.69. The number of carbonyl (C=O) groups excluding carboxylic acids is 1. The average Bonchev–Trinajstić information content (AvgIpc) is 2.89. The van der Waals surface area contributed by atoms with Gasteiger partial charge >= 0.3 is 0 Å². The Hall–Kier alpha value is -1.19. The fourth-order valence-electron chi connectivity index (χ4n) is 3.31. The summed E-state index contributed by atoms with van der Waals surface area (Å²) in [5, 5.41) is 0. The van der Waals surface area contributed by atoms with Crippen LogP contribution in [0.5, 0.6) is 0 Å². The lowest BCUT2D eigenvalue weighted by molar-refractivity contribution is -0.136. The zero-order chi connectivity index (χ0) is 14.0. The quantitative estimate of drug-likeness (QED) is 0.850. The Balaban J connectivity index is 1.66. The molecule has 0 saturated carbocycles. The summed E-state index contributed by atoms with van der Waals surface area (Å²) in [6.07, 6.45) is 3.17. The van der Waals surface area contributed by atoms with Crippen molar-refractivity contribution in [3.05, 3.63) is 35.4 Å². The molecule has 0 aliphatic carbocycles. The minimum Gasteiger partial charge on any atom is -0.378 e. The first kappa shape index (κ1) is 13.8. The van der Waals surface area contributed by atoms with Gasteiger partial charge in [0.25, 0.3) is 0 Å². The second-order valence-corrected chi connectivity index (χ2v) is 6.09. The summed E-state index contributed by atoms with van der Waals surface area (Å²) in [5.74, 6) is 0.485. The van der Waals surface area contributed by atoms with Gasteiger partial charge in [0.15, 0.2) is 0 Å². The van der Waals surface area contributed by atoms with Crippen LogP contribution in [0.1, 0.15) is 30.4 Å². The van der Waals surface area contributed by atoms with Crippen molar-refractivity contribution in [1.82, 2.24) is 0 Å². The molecule has 0 aromatic heterocycles. The maximum atomic E-state index is 12.6. The Morgan fingerprint density at radius 1 is 1.35 bits per heavy atom. The van der Waals surface area contributed by atoms with E-state index in [1.54, 1.807) is 0 Å². The predicted octanol–water partition coefficient (Wildman–Crippen LogP) is 2.69. The summed E-state index contributed by atoms with van der Waals surface area (Å²) in [6, 6.07) is 8.15. The van der Waals surface area contributed by atoms with Crippen molar-refractivity contribution in [1.29, 1.82) is 0 Å². The van der Waals surface area contributed by atoms with Crippen LogP contribution in [-0.4, -0.2) is 31.2 Å². The fourth-order valence-corrected chi connectivity index (χ4v) is 3.31. The van der Waals surface area contributed by atoms with Gasteiger partial charge < -0.3 is 9.47 Å². The van der Waals surface area contributed by atoms with E-state index in [1.807, 2.05) is 12.1 Å². The van der Waals surface area contributed by atoms with Crippen molar-refractivity contribution in [3.63, 3.8) is 0 Å². The number of aryl methyl sites for hydroxylation is 1. The Morgan fingerprint density at radius 3 is 2.95 bits per heavy atom. The molecule has 1 aromatic rings. The van der Waals surface area contributed by atoms with Gasteiger partial charge in [-0.1, -0.05) is 24.3 Å². The summed E-state index contributed by atoms with van der Waals surface area (Å²) in [5.41, 5.74) is 2.18. The van der Waals surface area contributed by atoms with Gasteiger partial charge in [0, 0.05) is 32.0 Å². The van der Waals surface area contributed by atoms with Crippen LogP contribution in [0.25, 0.3) is 0 Å². The molecule has 0 N–H and O–H groups in total. The van der Waals surface area contributed by atoms with Crippen molar-refractivity contribution >= 4 is 5.78 Å². The molecule has 1 spiro atoms. The molecule has 2 fully saturated rings. The normalized spacial score (nSPS) is 29.8. The van der Waals surface area contributed by atoms with Crippen LogP contribution in [0.2, 0.25) is 0 Å². The Morgan fingerprint density at radius 2 is 2.20 bits per heavy atom. The van der Waals surface area contributed by atoms with Crippen molar-refractivity contribution < 1.29 is 14.3 Å². The Labute approximate surface area is 120 Å². The van der Waals surface area contributed by atoms with E-state index in [9.17, 15) is 4.79 Å². The van der Waals surface area contributed by atoms with Crippen LogP contribution in [0.3, 0.4) is 0 Å². The van der Waals surface area contributed by atoms with Crippen molar-refractivity contribution in [2.24, 2.45) is 5.92 Å². The van der Waals surface area contributed by atoms with Crippen LogP contribution >= 0.6 is 0 Å². The SMILES string of the molecule is Cc1ccccc1CC(=O)C1CCOC2(CCOC2)C1. The van der Waals surface area contributed by atoms with E-state index in [0.717, 1.165) is 31.4 Å². The third-order valence-corrected chi connectivity index (χ3v) is 4.64. The molecule has 2 atom stereocenters. The van der Waals surface area contributed by atoms with Gasteiger partial charge in [-0.25, -0.2) is 0 Å². The van der Waals surface area contributed by atoms with Gasteiger partial charge in [0.2, 0.25) is 0 Å². The molecule has 2 aliphatic rings. The highest BCUT2D eigenvalue weighted by Gasteiger charge is 2.42. The molecule has 3 nitrogen and oxygen atoms in total. The molecule has 2 saturated heterocycles. The molecule has 0 radical (unpaired) electrons. The van der Waals surface area contributed by atoms with Crippen LogP contribution in [0.15, 0.2) is 24.3 Å². The van der Waals surface area contributed by atoms with E-state index in [1.165, 1.54) is 5.56 Å². The molecule has 0 bridgehead atoms. The third-order valence-electron chi connectivity index (χ3n) is 4.64. The summed E-state index contributed by atoms with van der Waals surface area (Å²) >= 11 is 0. The second kappa shape index (κ2) is 5.66. The first-order valence-corrected chi connectivity index (χ1v) is 7.47. The molecule has 2 aliphatic heterocycles. The van der Waals surface area contributed by atoms with Crippen LogP contribution in [-0.2, 0) is 20.7 Å². The molecule has 3 heteroatoms.